The fourth-order valence-electron chi connectivity index (χ4n) is 1.99. The fraction of sp³-hybridized carbons (Fsp3) is 0.417. The number of hydrogen-bond acceptors (Lipinski definition) is 5. The van der Waals surface area contributed by atoms with Crippen molar-refractivity contribution in [1.29, 1.82) is 0 Å². The number of nitro groups is 1. The lowest BCUT2D eigenvalue weighted by Crippen LogP contribution is -2.30. The van der Waals surface area contributed by atoms with E-state index in [2.05, 4.69) is 10.3 Å². The second-order valence-electron chi connectivity index (χ2n) is 4.34. The molecule has 0 aliphatic carbocycles. The van der Waals surface area contributed by atoms with Crippen molar-refractivity contribution in [2.75, 3.05) is 13.1 Å². The molecule has 2 heterocycles. The molecule has 19 heavy (non-hydrogen) atoms. The Labute approximate surface area is 116 Å². The van der Waals surface area contributed by atoms with Crippen LogP contribution in [0, 0.1) is 10.1 Å². The lowest BCUT2D eigenvalue weighted by molar-refractivity contribution is -0.404. The van der Waals surface area contributed by atoms with Gasteiger partial charge in [0.1, 0.15) is 5.15 Å². The molecule has 2 rings (SSSR count). The van der Waals surface area contributed by atoms with Crippen LogP contribution in [-0.4, -0.2) is 27.9 Å². The summed E-state index contributed by atoms with van der Waals surface area (Å²) in [5.41, 5.74) is 0.974. The molecule has 0 amide bonds. The molecule has 1 aromatic heterocycles. The van der Waals surface area contributed by atoms with Crippen molar-refractivity contribution in [3.63, 3.8) is 0 Å². The van der Waals surface area contributed by atoms with Gasteiger partial charge in [-0.3, -0.25) is 10.1 Å². The van der Waals surface area contributed by atoms with Crippen molar-refractivity contribution < 1.29 is 4.92 Å². The molecule has 7 heteroatoms. The summed E-state index contributed by atoms with van der Waals surface area (Å²) in [6, 6.07) is 3.60. The fourth-order valence-corrected chi connectivity index (χ4v) is 2.10. The highest BCUT2D eigenvalue weighted by molar-refractivity contribution is 6.29. The summed E-state index contributed by atoms with van der Waals surface area (Å²) in [4.78, 5) is 16.2. The molecule has 102 valence electrons. The normalized spacial score (nSPS) is 17.9. The molecule has 1 aliphatic heterocycles. The number of aromatic nitrogens is 1. The van der Waals surface area contributed by atoms with E-state index in [0.29, 0.717) is 17.5 Å². The van der Waals surface area contributed by atoms with Gasteiger partial charge >= 0.3 is 0 Å². The van der Waals surface area contributed by atoms with E-state index in [0.717, 1.165) is 37.7 Å². The molecule has 0 bridgehead atoms. The third-order valence-electron chi connectivity index (χ3n) is 2.89. The number of nitrogens with one attached hydrogen (secondary N) is 1. The van der Waals surface area contributed by atoms with Crippen LogP contribution in [-0.2, 0) is 6.54 Å². The number of pyridine rings is 1. The van der Waals surface area contributed by atoms with Gasteiger partial charge < -0.3 is 10.2 Å². The van der Waals surface area contributed by atoms with Crippen LogP contribution >= 0.6 is 11.6 Å². The van der Waals surface area contributed by atoms with Crippen LogP contribution in [0.2, 0.25) is 5.15 Å². The number of hydrogen-bond donors (Lipinski definition) is 1. The highest BCUT2D eigenvalue weighted by Gasteiger charge is 2.16. The van der Waals surface area contributed by atoms with Crippen LogP contribution in [0.25, 0.3) is 0 Å². The van der Waals surface area contributed by atoms with Gasteiger partial charge in [-0.25, -0.2) is 4.98 Å². The third kappa shape index (κ3) is 4.10. The monoisotopic (exact) mass is 282 g/mol. The van der Waals surface area contributed by atoms with Crippen molar-refractivity contribution in [3.05, 3.63) is 51.2 Å². The van der Waals surface area contributed by atoms with E-state index in [1.165, 1.54) is 0 Å². The van der Waals surface area contributed by atoms with E-state index in [1.54, 1.807) is 12.3 Å². The molecule has 1 saturated heterocycles. The molecule has 0 saturated carbocycles. The van der Waals surface area contributed by atoms with Gasteiger partial charge in [-0.2, -0.15) is 0 Å². The summed E-state index contributed by atoms with van der Waals surface area (Å²) >= 11 is 5.74. The predicted molar refractivity (Wildman–Crippen MR) is 72.0 cm³/mol. The van der Waals surface area contributed by atoms with E-state index in [9.17, 15) is 10.1 Å². The Balaban J connectivity index is 2.14. The van der Waals surface area contributed by atoms with Gasteiger partial charge in [0.25, 0.3) is 6.20 Å². The maximum atomic E-state index is 10.7. The molecule has 1 aromatic rings. The third-order valence-corrected chi connectivity index (χ3v) is 3.11. The van der Waals surface area contributed by atoms with Crippen LogP contribution in [0.5, 0.6) is 0 Å². The van der Waals surface area contributed by atoms with Crippen molar-refractivity contribution in [2.45, 2.75) is 19.4 Å². The first-order valence-electron chi connectivity index (χ1n) is 6.10. The first-order chi connectivity index (χ1) is 9.15. The molecule has 0 aromatic carbocycles. The number of nitrogens with zero attached hydrogens (tertiary/aromatic N) is 3. The summed E-state index contributed by atoms with van der Waals surface area (Å²) in [7, 11) is 0. The smallest absolute Gasteiger partial charge is 0.274 e. The van der Waals surface area contributed by atoms with Gasteiger partial charge in [0, 0.05) is 25.8 Å². The van der Waals surface area contributed by atoms with Crippen LogP contribution in [0.1, 0.15) is 18.4 Å². The largest absolute Gasteiger partial charge is 0.367 e. The SMILES string of the molecule is O=[N+]([O-])/C=C1\NCCCCN1Cc1ccc(Cl)nc1. The predicted octanol–water partition coefficient (Wildman–Crippen LogP) is 2.00. The lowest BCUT2D eigenvalue weighted by Gasteiger charge is -2.23. The first kappa shape index (κ1) is 13.6. The Morgan fingerprint density at radius 3 is 3.05 bits per heavy atom. The standard InChI is InChI=1S/C12H15ClN4O2/c13-11-4-3-10(7-15-11)8-16-6-2-1-5-14-12(16)9-17(18)19/h3-4,7,9,14H,1-2,5-6,8H2/b12-9+. The zero-order valence-electron chi connectivity index (χ0n) is 10.4. The zero-order chi connectivity index (χ0) is 13.7. The van der Waals surface area contributed by atoms with Crippen LogP contribution in [0.3, 0.4) is 0 Å². The van der Waals surface area contributed by atoms with Gasteiger partial charge in [-0.1, -0.05) is 17.7 Å². The number of halogens is 1. The molecule has 1 N–H and O–H groups in total. The molecular weight excluding hydrogens is 268 g/mol. The van der Waals surface area contributed by atoms with Gasteiger partial charge in [0.2, 0.25) is 0 Å². The van der Waals surface area contributed by atoms with Crippen molar-refractivity contribution in [3.8, 4) is 0 Å². The second-order valence-corrected chi connectivity index (χ2v) is 4.73. The van der Waals surface area contributed by atoms with Gasteiger partial charge in [-0.15, -0.1) is 0 Å². The van der Waals surface area contributed by atoms with Gasteiger partial charge in [0.15, 0.2) is 5.82 Å². The topological polar surface area (TPSA) is 71.3 Å². The highest BCUT2D eigenvalue weighted by atomic mass is 35.5. The van der Waals surface area contributed by atoms with Crippen molar-refractivity contribution >= 4 is 11.6 Å². The molecule has 0 radical (unpaired) electrons. The van der Waals surface area contributed by atoms with E-state index in [1.807, 2.05) is 11.0 Å². The van der Waals surface area contributed by atoms with Crippen molar-refractivity contribution in [1.82, 2.24) is 15.2 Å². The molecule has 1 aliphatic rings. The maximum absolute atomic E-state index is 10.7. The van der Waals surface area contributed by atoms with Crippen LogP contribution < -0.4 is 5.32 Å². The Hall–Kier alpha value is -1.82. The average Bonchev–Trinajstić information content (AvgIpc) is 2.58. The summed E-state index contributed by atoms with van der Waals surface area (Å²) in [5, 5.41) is 14.2. The van der Waals surface area contributed by atoms with E-state index >= 15 is 0 Å². The Kier molecular flexibility index (Phi) is 4.57. The van der Waals surface area contributed by atoms with Crippen LogP contribution in [0.15, 0.2) is 30.4 Å². The van der Waals surface area contributed by atoms with Gasteiger partial charge in [0.05, 0.1) is 4.92 Å². The number of rotatable bonds is 3. The highest BCUT2D eigenvalue weighted by Crippen LogP contribution is 2.14. The molecule has 0 spiro atoms. The summed E-state index contributed by atoms with van der Waals surface area (Å²) in [6.45, 7) is 2.13. The molecule has 0 unspecified atom stereocenters. The molecule has 0 atom stereocenters. The summed E-state index contributed by atoms with van der Waals surface area (Å²) in [6.07, 6.45) is 4.72. The maximum Gasteiger partial charge on any atom is 0.274 e. The Morgan fingerprint density at radius 2 is 2.37 bits per heavy atom. The summed E-state index contributed by atoms with van der Waals surface area (Å²) in [5.74, 6) is 0.553. The Morgan fingerprint density at radius 1 is 1.53 bits per heavy atom. The lowest BCUT2D eigenvalue weighted by atomic mass is 10.2. The van der Waals surface area contributed by atoms with Gasteiger partial charge in [-0.05, 0) is 24.5 Å². The minimum Gasteiger partial charge on any atom is -0.367 e. The quantitative estimate of drug-likeness (QED) is 0.521. The van der Waals surface area contributed by atoms with E-state index < -0.39 is 4.92 Å². The average molecular weight is 283 g/mol. The molecule has 1 fully saturated rings. The van der Waals surface area contributed by atoms with E-state index in [4.69, 9.17) is 11.6 Å². The zero-order valence-corrected chi connectivity index (χ0v) is 11.1. The minimum absolute atomic E-state index is 0.430. The molecular formula is C12H15ClN4O2. The molecule has 6 nitrogen and oxygen atoms in total. The minimum atomic E-state index is -0.430. The summed E-state index contributed by atoms with van der Waals surface area (Å²) < 4.78 is 0. The van der Waals surface area contributed by atoms with Crippen molar-refractivity contribution in [2.24, 2.45) is 0 Å². The van der Waals surface area contributed by atoms with Crippen LogP contribution in [0.4, 0.5) is 0 Å². The Bertz CT molecular complexity index is 475. The first-order valence-corrected chi connectivity index (χ1v) is 6.47. The van der Waals surface area contributed by atoms with E-state index in [-0.39, 0.29) is 0 Å². The second kappa shape index (κ2) is 6.38.